The molecule has 0 heterocycles. The second-order valence-corrected chi connectivity index (χ2v) is 0.895. The Kier molecular flexibility index (Phi) is 3.76. The molecule has 0 amide bonds. The van der Waals surface area contributed by atoms with Crippen LogP contribution in [0.3, 0.4) is 0 Å². The second-order valence-electron chi connectivity index (χ2n) is 0.895. The predicted octanol–water partition coefficient (Wildman–Crippen LogP) is -0.881. The molecule has 0 saturated carbocycles. The summed E-state index contributed by atoms with van der Waals surface area (Å²) in [5, 5.41) is 16.0. The fraction of sp³-hybridized carbons (Fsp3) is 0. The molecule has 0 atom stereocenters. The van der Waals surface area contributed by atoms with E-state index in [9.17, 15) is 0 Å². The highest BCUT2D eigenvalue weighted by atomic mass is 16.6. The summed E-state index contributed by atoms with van der Waals surface area (Å²) < 4.78 is 3.96. The molecule has 3 nitrogen and oxygen atoms in total. The molecular formula is C4H5BO3. The minimum Gasteiger partial charge on any atom is -0.462 e. The SMILES string of the molecule is C=CC#COB(O)O. The van der Waals surface area contributed by atoms with Gasteiger partial charge in [-0.15, -0.1) is 0 Å². The van der Waals surface area contributed by atoms with Crippen LogP contribution in [0, 0.1) is 12.0 Å². The first-order valence-electron chi connectivity index (χ1n) is 1.90. The number of hydrogen-bond donors (Lipinski definition) is 2. The van der Waals surface area contributed by atoms with Gasteiger partial charge in [0.25, 0.3) is 0 Å². The monoisotopic (exact) mass is 112 g/mol. The molecule has 0 fully saturated rings. The van der Waals surface area contributed by atoms with E-state index in [0.29, 0.717) is 0 Å². The Balaban J connectivity index is 3.28. The Morgan fingerprint density at radius 2 is 2.25 bits per heavy atom. The fourth-order valence-corrected chi connectivity index (χ4v) is 0.128. The summed E-state index contributed by atoms with van der Waals surface area (Å²) in [5.41, 5.74) is 0. The van der Waals surface area contributed by atoms with Gasteiger partial charge in [0.15, 0.2) is 0 Å². The molecule has 42 valence electrons. The van der Waals surface area contributed by atoms with Crippen LogP contribution in [0.15, 0.2) is 12.7 Å². The van der Waals surface area contributed by atoms with E-state index in [1.807, 2.05) is 6.11 Å². The third-order valence-corrected chi connectivity index (χ3v) is 0.325. The maximum Gasteiger partial charge on any atom is 0.716 e. The van der Waals surface area contributed by atoms with Gasteiger partial charge >= 0.3 is 7.32 Å². The number of hydrogen-bond acceptors (Lipinski definition) is 3. The third kappa shape index (κ3) is 5.08. The smallest absolute Gasteiger partial charge is 0.462 e. The van der Waals surface area contributed by atoms with Crippen molar-refractivity contribution in [3.8, 4) is 12.0 Å². The molecule has 0 saturated heterocycles. The molecular weight excluding hydrogens is 107 g/mol. The zero-order valence-electron chi connectivity index (χ0n) is 4.16. The van der Waals surface area contributed by atoms with Gasteiger partial charge in [0.05, 0.1) is 6.11 Å². The Bertz CT molecular complexity index is 121. The molecule has 0 spiro atoms. The summed E-state index contributed by atoms with van der Waals surface area (Å²) in [4.78, 5) is 0. The molecule has 0 radical (unpaired) electrons. The Labute approximate surface area is 47.8 Å². The highest BCUT2D eigenvalue weighted by Crippen LogP contribution is 1.68. The van der Waals surface area contributed by atoms with Crippen LogP contribution in [0.4, 0.5) is 0 Å². The van der Waals surface area contributed by atoms with Gasteiger partial charge in [-0.05, 0) is 12.0 Å². The molecule has 4 heteroatoms. The molecule has 0 aliphatic heterocycles. The lowest BCUT2D eigenvalue weighted by atomic mass is 10.3. The standard InChI is InChI=1S/C4H5BO3/c1-2-3-4-8-5(6)7/h2,6-7H,1H2. The van der Waals surface area contributed by atoms with Crippen molar-refractivity contribution in [2.45, 2.75) is 0 Å². The topological polar surface area (TPSA) is 49.7 Å². The Hall–Kier alpha value is -0.915. The van der Waals surface area contributed by atoms with Crippen molar-refractivity contribution in [2.24, 2.45) is 0 Å². The van der Waals surface area contributed by atoms with Crippen molar-refractivity contribution in [1.82, 2.24) is 0 Å². The predicted molar refractivity (Wildman–Crippen MR) is 29.2 cm³/mol. The Morgan fingerprint density at radius 3 is 2.62 bits per heavy atom. The van der Waals surface area contributed by atoms with E-state index >= 15 is 0 Å². The summed E-state index contributed by atoms with van der Waals surface area (Å²) in [6, 6.07) is 0. The molecule has 0 unspecified atom stereocenters. The van der Waals surface area contributed by atoms with E-state index in [1.165, 1.54) is 6.08 Å². The lowest BCUT2D eigenvalue weighted by molar-refractivity contribution is 0.271. The van der Waals surface area contributed by atoms with Crippen molar-refractivity contribution in [2.75, 3.05) is 0 Å². The molecule has 2 N–H and O–H groups in total. The molecule has 0 aromatic heterocycles. The van der Waals surface area contributed by atoms with E-state index in [1.54, 1.807) is 0 Å². The lowest BCUT2D eigenvalue weighted by Gasteiger charge is -1.87. The molecule has 0 aromatic carbocycles. The van der Waals surface area contributed by atoms with Gasteiger partial charge in [0.1, 0.15) is 0 Å². The largest absolute Gasteiger partial charge is 0.716 e. The van der Waals surface area contributed by atoms with E-state index in [-0.39, 0.29) is 0 Å². The van der Waals surface area contributed by atoms with Crippen molar-refractivity contribution >= 4 is 7.32 Å². The highest BCUT2D eigenvalue weighted by Gasteiger charge is 2.05. The summed E-state index contributed by atoms with van der Waals surface area (Å²) in [7, 11) is -1.82. The van der Waals surface area contributed by atoms with Gasteiger partial charge in [0, 0.05) is 0 Å². The number of rotatable bonds is 1. The molecule has 0 aliphatic carbocycles. The lowest BCUT2D eigenvalue weighted by Crippen LogP contribution is -2.12. The van der Waals surface area contributed by atoms with Gasteiger partial charge in [0.2, 0.25) is 0 Å². The van der Waals surface area contributed by atoms with Crippen LogP contribution < -0.4 is 0 Å². The van der Waals surface area contributed by atoms with Crippen molar-refractivity contribution in [1.29, 1.82) is 0 Å². The van der Waals surface area contributed by atoms with Crippen LogP contribution in [-0.4, -0.2) is 17.4 Å². The third-order valence-electron chi connectivity index (χ3n) is 0.325. The van der Waals surface area contributed by atoms with Crippen LogP contribution in [0.2, 0.25) is 0 Å². The van der Waals surface area contributed by atoms with Crippen LogP contribution in [0.5, 0.6) is 0 Å². The maximum absolute atomic E-state index is 7.98. The quantitative estimate of drug-likeness (QED) is 0.342. The summed E-state index contributed by atoms with van der Waals surface area (Å²) >= 11 is 0. The fourth-order valence-electron chi connectivity index (χ4n) is 0.128. The highest BCUT2D eigenvalue weighted by molar-refractivity contribution is 6.33. The minimum atomic E-state index is -1.82. The molecule has 0 rings (SSSR count). The molecule has 0 bridgehead atoms. The van der Waals surface area contributed by atoms with E-state index < -0.39 is 7.32 Å². The molecule has 0 aliphatic rings. The van der Waals surface area contributed by atoms with Crippen LogP contribution in [0.25, 0.3) is 0 Å². The minimum absolute atomic E-state index is 1.28. The van der Waals surface area contributed by atoms with Crippen molar-refractivity contribution in [3.05, 3.63) is 12.7 Å². The van der Waals surface area contributed by atoms with E-state index in [4.69, 9.17) is 10.0 Å². The first-order chi connectivity index (χ1) is 3.77. The normalized spacial score (nSPS) is 6.25. The summed E-state index contributed by atoms with van der Waals surface area (Å²) in [6.45, 7) is 3.24. The van der Waals surface area contributed by atoms with Gasteiger partial charge in [-0.3, -0.25) is 0 Å². The first kappa shape index (κ1) is 7.08. The molecule has 0 aromatic rings. The Morgan fingerprint density at radius 1 is 1.62 bits per heavy atom. The average molecular weight is 112 g/mol. The van der Waals surface area contributed by atoms with Crippen LogP contribution in [0.1, 0.15) is 0 Å². The van der Waals surface area contributed by atoms with Crippen molar-refractivity contribution in [3.63, 3.8) is 0 Å². The van der Waals surface area contributed by atoms with E-state index in [2.05, 4.69) is 17.2 Å². The average Bonchev–Trinajstić information content (AvgIpc) is 1.66. The second kappa shape index (κ2) is 4.25. The van der Waals surface area contributed by atoms with Crippen molar-refractivity contribution < 1.29 is 14.7 Å². The zero-order valence-corrected chi connectivity index (χ0v) is 4.16. The molecule has 8 heavy (non-hydrogen) atoms. The maximum atomic E-state index is 7.98. The van der Waals surface area contributed by atoms with Crippen LogP contribution in [-0.2, 0) is 4.65 Å². The summed E-state index contributed by atoms with van der Waals surface area (Å²) in [6.07, 6.45) is 3.25. The van der Waals surface area contributed by atoms with Gasteiger partial charge in [-0.25, -0.2) is 0 Å². The van der Waals surface area contributed by atoms with Gasteiger partial charge < -0.3 is 14.7 Å². The van der Waals surface area contributed by atoms with Gasteiger partial charge in [-0.2, -0.15) is 0 Å². The zero-order chi connectivity index (χ0) is 6.41. The van der Waals surface area contributed by atoms with Gasteiger partial charge in [-0.1, -0.05) is 6.58 Å². The number of allylic oxidation sites excluding steroid dienone is 1. The summed E-state index contributed by atoms with van der Waals surface area (Å²) in [5.74, 6) is 2.25. The van der Waals surface area contributed by atoms with E-state index in [0.717, 1.165) is 0 Å². The van der Waals surface area contributed by atoms with Crippen LogP contribution >= 0.6 is 0 Å². The first-order valence-corrected chi connectivity index (χ1v) is 1.90.